The first-order chi connectivity index (χ1) is 13.8. The van der Waals surface area contributed by atoms with E-state index >= 15 is 0 Å². The van der Waals surface area contributed by atoms with Gasteiger partial charge in [0.2, 0.25) is 19.3 Å². The van der Waals surface area contributed by atoms with Crippen LogP contribution in [0.15, 0.2) is 52.9 Å². The summed E-state index contributed by atoms with van der Waals surface area (Å²) in [5, 5.41) is 11.8. The lowest BCUT2D eigenvalue weighted by Crippen LogP contribution is -2.10. The average Bonchev–Trinajstić information content (AvgIpc) is 3.29. The van der Waals surface area contributed by atoms with Crippen molar-refractivity contribution in [3.8, 4) is 0 Å². The Balaban J connectivity index is 1.53. The Morgan fingerprint density at radius 2 is 1.72 bits per heavy atom. The number of carbonyl (C=O) groups is 1. The lowest BCUT2D eigenvalue weighted by atomic mass is 10.2. The number of hydrogen-bond acceptors (Lipinski definition) is 7. The van der Waals surface area contributed by atoms with Gasteiger partial charge in [0.15, 0.2) is 0 Å². The maximum Gasteiger partial charge on any atom is 0.269 e. The first-order valence-corrected chi connectivity index (χ1v) is 12.2. The third-order valence-electron chi connectivity index (χ3n) is 3.90. The van der Waals surface area contributed by atoms with Gasteiger partial charge in [-0.3, -0.25) is 10.1 Å². The fraction of sp³-hybridized carbons (Fsp3) is 0.0556. The summed E-state index contributed by atoms with van der Waals surface area (Å²) in [6.07, 6.45) is 0. The van der Waals surface area contributed by atoms with E-state index in [1.165, 1.54) is 11.3 Å². The standard InChI is InChI=1S/C18H11Cl2N3O3S3/c19-11-7-5-10(6-8-11)9-29(25,26)18-23-22-17(28-18)21-16(24)15-14(20)12-3-1-2-4-13(12)27-15/h1-8H,9H2,(H,21,22,24). The molecule has 11 heteroatoms. The Hall–Kier alpha value is -2.04. The molecule has 148 valence electrons. The predicted molar refractivity (Wildman–Crippen MR) is 117 cm³/mol. The Labute approximate surface area is 184 Å². The van der Waals surface area contributed by atoms with Crippen LogP contribution in [0.1, 0.15) is 15.2 Å². The van der Waals surface area contributed by atoms with Gasteiger partial charge in [-0.25, -0.2) is 8.42 Å². The van der Waals surface area contributed by atoms with Crippen LogP contribution in [0.4, 0.5) is 5.13 Å². The van der Waals surface area contributed by atoms with E-state index in [4.69, 9.17) is 23.2 Å². The van der Waals surface area contributed by atoms with Crippen molar-refractivity contribution < 1.29 is 13.2 Å². The quantitative estimate of drug-likeness (QED) is 0.389. The van der Waals surface area contributed by atoms with Gasteiger partial charge in [-0.05, 0) is 23.8 Å². The second-order valence-corrected chi connectivity index (χ2v) is 11.0. The molecule has 4 aromatic rings. The van der Waals surface area contributed by atoms with Gasteiger partial charge in [0.1, 0.15) is 4.88 Å². The highest BCUT2D eigenvalue weighted by molar-refractivity contribution is 7.92. The molecule has 0 spiro atoms. The lowest BCUT2D eigenvalue weighted by molar-refractivity contribution is 0.103. The molecule has 2 heterocycles. The van der Waals surface area contributed by atoms with Crippen molar-refractivity contribution in [2.24, 2.45) is 0 Å². The Bertz CT molecular complexity index is 1320. The zero-order chi connectivity index (χ0) is 20.6. The van der Waals surface area contributed by atoms with E-state index in [9.17, 15) is 13.2 Å². The number of nitrogens with one attached hydrogen (secondary N) is 1. The van der Waals surface area contributed by atoms with Gasteiger partial charge in [0.05, 0.1) is 10.8 Å². The van der Waals surface area contributed by atoms with E-state index in [0.717, 1.165) is 21.4 Å². The summed E-state index contributed by atoms with van der Waals surface area (Å²) >= 11 is 14.2. The van der Waals surface area contributed by atoms with E-state index in [1.807, 2.05) is 24.3 Å². The second kappa shape index (κ2) is 8.00. The van der Waals surface area contributed by atoms with Crippen molar-refractivity contribution >= 4 is 76.8 Å². The highest BCUT2D eigenvalue weighted by Gasteiger charge is 2.23. The Kier molecular flexibility index (Phi) is 5.58. The van der Waals surface area contributed by atoms with Gasteiger partial charge in [0, 0.05) is 15.1 Å². The number of halogens is 2. The van der Waals surface area contributed by atoms with Gasteiger partial charge in [-0.2, -0.15) is 0 Å². The number of sulfone groups is 1. The molecule has 0 unspecified atom stereocenters. The van der Waals surface area contributed by atoms with Crippen LogP contribution >= 0.6 is 45.9 Å². The van der Waals surface area contributed by atoms with Gasteiger partial charge in [-0.15, -0.1) is 21.5 Å². The summed E-state index contributed by atoms with van der Waals surface area (Å²) in [5.74, 6) is -0.705. The maximum atomic E-state index is 12.6. The monoisotopic (exact) mass is 483 g/mol. The Morgan fingerprint density at radius 1 is 1.00 bits per heavy atom. The molecule has 29 heavy (non-hydrogen) atoms. The van der Waals surface area contributed by atoms with Crippen LogP contribution in [0, 0.1) is 0 Å². The fourth-order valence-corrected chi connectivity index (χ4v) is 6.41. The number of hydrogen-bond donors (Lipinski definition) is 1. The number of fused-ring (bicyclic) bond motifs is 1. The van der Waals surface area contributed by atoms with E-state index in [2.05, 4.69) is 15.5 Å². The SMILES string of the molecule is O=C(Nc1nnc(S(=O)(=O)Cc2ccc(Cl)cc2)s1)c1sc2ccccc2c1Cl. The summed E-state index contributed by atoms with van der Waals surface area (Å²) in [7, 11) is -3.71. The molecule has 1 N–H and O–H groups in total. The van der Waals surface area contributed by atoms with Gasteiger partial charge < -0.3 is 0 Å². The summed E-state index contributed by atoms with van der Waals surface area (Å²) in [6.45, 7) is 0. The molecule has 0 radical (unpaired) electrons. The molecule has 0 bridgehead atoms. The second-order valence-electron chi connectivity index (χ2n) is 5.95. The fourth-order valence-electron chi connectivity index (χ4n) is 2.56. The van der Waals surface area contributed by atoms with Gasteiger partial charge >= 0.3 is 0 Å². The molecule has 1 amide bonds. The number of amides is 1. The number of rotatable bonds is 5. The number of carbonyl (C=O) groups excluding carboxylic acids is 1. The van der Waals surface area contributed by atoms with Crippen LogP contribution in [-0.4, -0.2) is 24.5 Å². The minimum atomic E-state index is -3.71. The molecule has 0 saturated carbocycles. The third-order valence-corrected chi connectivity index (χ3v) is 8.80. The number of aromatic nitrogens is 2. The van der Waals surface area contributed by atoms with Crippen molar-refractivity contribution in [3.05, 3.63) is 69.0 Å². The molecule has 0 aliphatic heterocycles. The van der Waals surface area contributed by atoms with E-state index in [0.29, 0.717) is 20.5 Å². The molecule has 6 nitrogen and oxygen atoms in total. The molecule has 4 rings (SSSR count). The molecule has 0 saturated heterocycles. The van der Waals surface area contributed by atoms with E-state index in [-0.39, 0.29) is 15.2 Å². The number of thiophene rings is 1. The maximum absolute atomic E-state index is 12.6. The molecule has 2 aromatic heterocycles. The smallest absolute Gasteiger partial charge is 0.269 e. The summed E-state index contributed by atoms with van der Waals surface area (Å²) in [5.41, 5.74) is 0.576. The minimum Gasteiger partial charge on any atom is -0.296 e. The molecule has 0 atom stereocenters. The van der Waals surface area contributed by atoms with Crippen LogP contribution in [0.3, 0.4) is 0 Å². The minimum absolute atomic E-state index is 0.0817. The van der Waals surface area contributed by atoms with Crippen LogP contribution in [0.25, 0.3) is 10.1 Å². The van der Waals surface area contributed by atoms with Crippen LogP contribution in [0.5, 0.6) is 0 Å². The first-order valence-electron chi connectivity index (χ1n) is 8.12. The van der Waals surface area contributed by atoms with Crippen LogP contribution in [0.2, 0.25) is 10.0 Å². The van der Waals surface area contributed by atoms with Crippen molar-refractivity contribution in [1.29, 1.82) is 0 Å². The molecule has 2 aromatic carbocycles. The largest absolute Gasteiger partial charge is 0.296 e. The zero-order valence-electron chi connectivity index (χ0n) is 14.4. The van der Waals surface area contributed by atoms with Crippen LogP contribution < -0.4 is 5.32 Å². The molecular formula is C18H11Cl2N3O3S3. The highest BCUT2D eigenvalue weighted by atomic mass is 35.5. The molecule has 0 aliphatic carbocycles. The van der Waals surface area contributed by atoms with E-state index < -0.39 is 15.7 Å². The summed E-state index contributed by atoms with van der Waals surface area (Å²) < 4.78 is 25.8. The van der Waals surface area contributed by atoms with Crippen molar-refractivity contribution in [2.75, 3.05) is 5.32 Å². The molecule has 0 aliphatic rings. The average molecular weight is 484 g/mol. The normalized spacial score (nSPS) is 11.7. The van der Waals surface area contributed by atoms with Gasteiger partial charge in [-0.1, -0.05) is 64.9 Å². The lowest BCUT2D eigenvalue weighted by Gasteiger charge is -2.01. The predicted octanol–water partition coefficient (Wildman–Crippen LogP) is 5.29. The van der Waals surface area contributed by atoms with Crippen molar-refractivity contribution in [3.63, 3.8) is 0 Å². The van der Waals surface area contributed by atoms with Crippen molar-refractivity contribution in [1.82, 2.24) is 10.2 Å². The molecule has 0 fully saturated rings. The third kappa shape index (κ3) is 4.29. The zero-order valence-corrected chi connectivity index (χ0v) is 18.4. The topological polar surface area (TPSA) is 89.0 Å². The van der Waals surface area contributed by atoms with E-state index in [1.54, 1.807) is 24.3 Å². The summed E-state index contributed by atoms with van der Waals surface area (Å²) in [4.78, 5) is 12.9. The molecular weight excluding hydrogens is 473 g/mol. The van der Waals surface area contributed by atoms with Crippen molar-refractivity contribution in [2.45, 2.75) is 10.1 Å². The van der Waals surface area contributed by atoms with Crippen LogP contribution in [-0.2, 0) is 15.6 Å². The highest BCUT2D eigenvalue weighted by Crippen LogP contribution is 2.35. The first kappa shape index (κ1) is 20.2. The number of nitrogens with zero attached hydrogens (tertiary/aromatic N) is 2. The summed E-state index contributed by atoms with van der Waals surface area (Å²) in [6, 6.07) is 13.9. The number of benzene rings is 2. The Morgan fingerprint density at radius 3 is 2.45 bits per heavy atom. The van der Waals surface area contributed by atoms with Gasteiger partial charge in [0.25, 0.3) is 5.91 Å². The number of anilines is 1.